The van der Waals surface area contributed by atoms with Crippen LogP contribution in [0.25, 0.3) is 0 Å². The Kier molecular flexibility index (Phi) is 8.15. The molecule has 2 saturated carbocycles. The number of halogens is 5. The molecule has 0 radical (unpaired) electrons. The highest BCUT2D eigenvalue weighted by atomic mass is 19.4. The molecule has 2 aliphatic carbocycles. The average molecular weight is 511 g/mol. The van der Waals surface area contributed by atoms with Crippen molar-refractivity contribution in [3.05, 3.63) is 60.2 Å². The molecule has 0 amide bonds. The molecule has 1 aromatic carbocycles. The smallest absolute Gasteiger partial charge is 0.432 e. The number of ether oxygens (including phenoxy) is 2. The van der Waals surface area contributed by atoms with Crippen molar-refractivity contribution in [2.24, 2.45) is 17.8 Å². The van der Waals surface area contributed by atoms with Crippen molar-refractivity contribution in [2.45, 2.75) is 76.7 Å². The zero-order chi connectivity index (χ0) is 25.8. The molecule has 0 N–H and O–H groups in total. The maximum atomic E-state index is 14.7. The molecule has 0 aliphatic heterocycles. The topological polar surface area (TPSA) is 44.2 Å². The minimum atomic E-state index is -4.84. The first-order valence-corrected chi connectivity index (χ1v) is 12.5. The highest BCUT2D eigenvalue weighted by Gasteiger charge is 2.43. The van der Waals surface area contributed by atoms with Gasteiger partial charge in [0.15, 0.2) is 0 Å². The van der Waals surface area contributed by atoms with Gasteiger partial charge in [-0.25, -0.2) is 9.97 Å². The minimum absolute atomic E-state index is 0.191. The fourth-order valence-corrected chi connectivity index (χ4v) is 5.10. The lowest BCUT2D eigenvalue weighted by molar-refractivity contribution is -0.274. The molecular weight excluding hydrogens is 479 g/mol. The van der Waals surface area contributed by atoms with Gasteiger partial charge in [0.05, 0.1) is 5.92 Å². The van der Waals surface area contributed by atoms with E-state index >= 15 is 0 Å². The first-order valence-electron chi connectivity index (χ1n) is 12.5. The third kappa shape index (κ3) is 7.40. The van der Waals surface area contributed by atoms with E-state index in [1.54, 1.807) is 0 Å². The van der Waals surface area contributed by atoms with Gasteiger partial charge in [-0.3, -0.25) is 0 Å². The van der Waals surface area contributed by atoms with Crippen molar-refractivity contribution in [2.75, 3.05) is 0 Å². The van der Waals surface area contributed by atoms with E-state index in [1.807, 2.05) is 19.3 Å². The Labute approximate surface area is 207 Å². The number of alkyl halides is 5. The molecule has 196 valence electrons. The molecule has 9 heteroatoms. The number of aromatic nitrogens is 2. The van der Waals surface area contributed by atoms with Gasteiger partial charge < -0.3 is 9.47 Å². The minimum Gasteiger partial charge on any atom is -0.432 e. The normalized spacial score (nSPS) is 25.6. The van der Waals surface area contributed by atoms with Crippen molar-refractivity contribution in [1.82, 2.24) is 9.97 Å². The Balaban J connectivity index is 1.21. The van der Waals surface area contributed by atoms with E-state index < -0.39 is 24.1 Å². The number of hydrogen-bond donors (Lipinski definition) is 0. The van der Waals surface area contributed by atoms with Crippen molar-refractivity contribution in [3.8, 4) is 11.5 Å². The van der Waals surface area contributed by atoms with Crippen LogP contribution in [0.5, 0.6) is 11.5 Å². The number of nitrogens with zero attached hydrogens (tertiary/aromatic N) is 2. The second kappa shape index (κ2) is 11.1. The third-order valence-electron chi connectivity index (χ3n) is 7.15. The lowest BCUT2D eigenvalue weighted by atomic mass is 9.78. The van der Waals surface area contributed by atoms with E-state index in [2.05, 4.69) is 26.9 Å². The molecule has 2 fully saturated rings. The van der Waals surface area contributed by atoms with Gasteiger partial charge in [-0.2, -0.15) is 8.78 Å². The lowest BCUT2D eigenvalue weighted by Gasteiger charge is -2.32. The highest BCUT2D eigenvalue weighted by molar-refractivity contribution is 5.31. The van der Waals surface area contributed by atoms with Crippen LogP contribution in [0.2, 0.25) is 0 Å². The van der Waals surface area contributed by atoms with E-state index in [0.29, 0.717) is 37.5 Å². The molecule has 0 saturated heterocycles. The zero-order valence-corrected chi connectivity index (χ0v) is 20.2. The summed E-state index contributed by atoms with van der Waals surface area (Å²) in [5.41, 5.74) is 1.06. The summed E-state index contributed by atoms with van der Waals surface area (Å²) >= 11 is 0. The fourth-order valence-electron chi connectivity index (χ4n) is 5.10. The number of rotatable bonds is 7. The van der Waals surface area contributed by atoms with Crippen LogP contribution in [0.1, 0.15) is 68.7 Å². The van der Waals surface area contributed by atoms with E-state index in [-0.39, 0.29) is 11.7 Å². The van der Waals surface area contributed by atoms with Gasteiger partial charge in [-0.1, -0.05) is 12.2 Å². The number of aryl methyl sites for hydroxylation is 1. The summed E-state index contributed by atoms with van der Waals surface area (Å²) < 4.78 is 74.8. The van der Waals surface area contributed by atoms with E-state index in [0.717, 1.165) is 61.3 Å². The van der Waals surface area contributed by atoms with Gasteiger partial charge in [0.1, 0.15) is 17.3 Å². The second-order valence-electron chi connectivity index (χ2n) is 9.91. The van der Waals surface area contributed by atoms with Crippen LogP contribution in [-0.4, -0.2) is 22.4 Å². The average Bonchev–Trinajstić information content (AvgIpc) is 2.84. The Morgan fingerprint density at radius 3 is 1.69 bits per heavy atom. The largest absolute Gasteiger partial charge is 0.573 e. The highest BCUT2D eigenvalue weighted by Crippen LogP contribution is 2.41. The van der Waals surface area contributed by atoms with Crippen molar-refractivity contribution in [3.63, 3.8) is 0 Å². The van der Waals surface area contributed by atoms with E-state index in [1.165, 1.54) is 0 Å². The molecule has 0 spiro atoms. The summed E-state index contributed by atoms with van der Waals surface area (Å²) in [6, 6.07) is 4.04. The van der Waals surface area contributed by atoms with E-state index in [9.17, 15) is 22.0 Å². The predicted molar refractivity (Wildman–Crippen MR) is 125 cm³/mol. The SMILES string of the molecule is Cc1cnc(C2CCC(/C=C/C3CCC(C(F)(F)Oc4ccc(OC(F)(F)F)cc4)CC3)CC2)nc1. The molecule has 2 aliphatic rings. The van der Waals surface area contributed by atoms with Gasteiger partial charge in [0.25, 0.3) is 0 Å². The zero-order valence-electron chi connectivity index (χ0n) is 20.2. The van der Waals surface area contributed by atoms with Gasteiger partial charge in [0.2, 0.25) is 0 Å². The quantitative estimate of drug-likeness (QED) is 0.280. The van der Waals surface area contributed by atoms with Crippen molar-refractivity contribution in [1.29, 1.82) is 0 Å². The van der Waals surface area contributed by atoms with Crippen molar-refractivity contribution < 1.29 is 31.4 Å². The van der Waals surface area contributed by atoms with Crippen LogP contribution in [0.3, 0.4) is 0 Å². The molecule has 36 heavy (non-hydrogen) atoms. The molecular formula is C27H31F5N2O2. The Hall–Kier alpha value is -2.71. The van der Waals surface area contributed by atoms with Crippen LogP contribution in [0, 0.1) is 24.7 Å². The maximum Gasteiger partial charge on any atom is 0.573 e. The van der Waals surface area contributed by atoms with Gasteiger partial charge in [0, 0.05) is 18.3 Å². The first-order chi connectivity index (χ1) is 17.1. The van der Waals surface area contributed by atoms with Crippen LogP contribution in [0.15, 0.2) is 48.8 Å². The number of allylic oxidation sites excluding steroid dienone is 2. The second-order valence-corrected chi connectivity index (χ2v) is 9.91. The Morgan fingerprint density at radius 2 is 1.19 bits per heavy atom. The van der Waals surface area contributed by atoms with Crippen LogP contribution < -0.4 is 9.47 Å². The molecule has 0 atom stereocenters. The lowest BCUT2D eigenvalue weighted by Crippen LogP contribution is -2.37. The standard InChI is InChI=1S/C27H31F5N2O2/c1-18-16-33-25(34-17-18)21-8-4-19(5-9-21)2-3-20-6-10-22(11-7-20)26(28,29)35-23-12-14-24(15-13-23)36-27(30,31)32/h2-3,12-17,19-22H,4-11H2,1H3/b3-2+. The molecule has 1 aromatic heterocycles. The summed E-state index contributed by atoms with van der Waals surface area (Å²) in [5.74, 6) is 0.493. The van der Waals surface area contributed by atoms with Gasteiger partial charge in [-0.05, 0) is 100.0 Å². The molecule has 0 bridgehead atoms. The summed E-state index contributed by atoms with van der Waals surface area (Å²) in [5, 5.41) is 0. The molecule has 1 heterocycles. The third-order valence-corrected chi connectivity index (χ3v) is 7.15. The molecule has 2 aromatic rings. The van der Waals surface area contributed by atoms with Crippen LogP contribution in [0.4, 0.5) is 22.0 Å². The summed E-state index contributed by atoms with van der Waals surface area (Å²) in [6.07, 6.45) is 6.18. The van der Waals surface area contributed by atoms with Gasteiger partial charge in [-0.15, -0.1) is 13.2 Å². The first kappa shape index (κ1) is 26.4. The Bertz CT molecular complexity index is 992. The molecule has 4 rings (SSSR count). The number of hydrogen-bond acceptors (Lipinski definition) is 4. The monoisotopic (exact) mass is 510 g/mol. The van der Waals surface area contributed by atoms with Crippen LogP contribution in [-0.2, 0) is 0 Å². The number of benzene rings is 1. The summed E-state index contributed by atoms with van der Waals surface area (Å²) in [7, 11) is 0. The van der Waals surface area contributed by atoms with Crippen molar-refractivity contribution >= 4 is 0 Å². The van der Waals surface area contributed by atoms with Gasteiger partial charge >= 0.3 is 12.5 Å². The maximum absolute atomic E-state index is 14.7. The predicted octanol–water partition coefficient (Wildman–Crippen LogP) is 7.99. The van der Waals surface area contributed by atoms with Crippen LogP contribution >= 0.6 is 0 Å². The fraction of sp³-hybridized carbons (Fsp3) is 0.556. The summed E-state index contributed by atoms with van der Waals surface area (Å²) in [6.45, 7) is 1.98. The summed E-state index contributed by atoms with van der Waals surface area (Å²) in [4.78, 5) is 8.94. The molecule has 0 unspecified atom stereocenters. The molecule has 4 nitrogen and oxygen atoms in total. The Morgan fingerprint density at radius 1 is 0.722 bits per heavy atom. The van der Waals surface area contributed by atoms with E-state index in [4.69, 9.17) is 4.74 Å².